The molecule has 0 amide bonds. The topological polar surface area (TPSA) is 94.1 Å². The van der Waals surface area contributed by atoms with Crippen molar-refractivity contribution in [1.29, 1.82) is 5.41 Å². The quantitative estimate of drug-likeness (QED) is 0.593. The first-order valence-corrected chi connectivity index (χ1v) is 5.67. The molecule has 2 heterocycles. The molecule has 1 aliphatic rings. The third kappa shape index (κ3) is 3.13. The predicted octanol–water partition coefficient (Wildman–Crippen LogP) is 0.709. The molecule has 3 N–H and O–H groups in total. The zero-order valence-electron chi connectivity index (χ0n) is 9.56. The van der Waals surface area contributed by atoms with Crippen molar-refractivity contribution in [2.24, 2.45) is 5.73 Å². The molecular weight excluding hydrogens is 220 g/mol. The minimum atomic E-state index is -0.141. The monoisotopic (exact) mass is 236 g/mol. The summed E-state index contributed by atoms with van der Waals surface area (Å²) >= 11 is 0. The van der Waals surface area contributed by atoms with Gasteiger partial charge in [0.05, 0.1) is 6.10 Å². The highest BCUT2D eigenvalue weighted by Crippen LogP contribution is 2.16. The zero-order valence-corrected chi connectivity index (χ0v) is 9.56. The Kier molecular flexibility index (Phi) is 3.87. The van der Waals surface area contributed by atoms with E-state index < -0.39 is 0 Å². The lowest BCUT2D eigenvalue weighted by Crippen LogP contribution is -2.27. The Hall–Kier alpha value is -1.69. The third-order valence-electron chi connectivity index (χ3n) is 2.60. The molecule has 1 atom stereocenters. The van der Waals surface area contributed by atoms with Crippen LogP contribution in [0.25, 0.3) is 0 Å². The molecule has 1 aromatic heterocycles. The van der Waals surface area contributed by atoms with Crippen molar-refractivity contribution in [3.05, 3.63) is 18.1 Å². The highest BCUT2D eigenvalue weighted by molar-refractivity contribution is 5.94. The van der Waals surface area contributed by atoms with Gasteiger partial charge in [-0.05, 0) is 19.3 Å². The van der Waals surface area contributed by atoms with Crippen molar-refractivity contribution in [1.82, 2.24) is 9.97 Å². The van der Waals surface area contributed by atoms with Crippen LogP contribution in [0.15, 0.2) is 12.4 Å². The lowest BCUT2D eigenvalue weighted by atomic mass is 10.1. The molecular formula is C11H16N4O2. The molecule has 0 aliphatic carbocycles. The lowest BCUT2D eigenvalue weighted by Gasteiger charge is -2.22. The Bertz CT molecular complexity index is 391. The van der Waals surface area contributed by atoms with Crippen LogP contribution in [0, 0.1) is 5.41 Å². The van der Waals surface area contributed by atoms with Crippen LogP contribution < -0.4 is 10.5 Å². The van der Waals surface area contributed by atoms with Crippen molar-refractivity contribution in [2.75, 3.05) is 13.2 Å². The van der Waals surface area contributed by atoms with Gasteiger partial charge >= 0.3 is 0 Å². The number of aromatic nitrogens is 2. The smallest absolute Gasteiger partial charge is 0.243 e. The van der Waals surface area contributed by atoms with Crippen molar-refractivity contribution in [2.45, 2.75) is 25.4 Å². The molecule has 0 spiro atoms. The van der Waals surface area contributed by atoms with E-state index in [1.54, 1.807) is 0 Å². The van der Waals surface area contributed by atoms with E-state index in [1.807, 2.05) is 0 Å². The molecule has 1 fully saturated rings. The molecule has 0 radical (unpaired) electrons. The standard InChI is InChI=1S/C11H16N4O2/c12-10(13)9-11(15-5-4-14-9)17-7-8-3-1-2-6-16-8/h4-5,8H,1-3,6-7H2,(H3,12,13). The molecule has 1 unspecified atom stereocenters. The number of hydrogen-bond donors (Lipinski definition) is 2. The normalized spacial score (nSPS) is 19.9. The molecule has 1 aromatic rings. The molecule has 92 valence electrons. The fourth-order valence-corrected chi connectivity index (χ4v) is 1.73. The maximum Gasteiger partial charge on any atom is 0.243 e. The van der Waals surface area contributed by atoms with Gasteiger partial charge in [-0.3, -0.25) is 5.41 Å². The van der Waals surface area contributed by atoms with Crippen molar-refractivity contribution < 1.29 is 9.47 Å². The van der Waals surface area contributed by atoms with Crippen LogP contribution in [0.2, 0.25) is 0 Å². The summed E-state index contributed by atoms with van der Waals surface area (Å²) in [5, 5.41) is 7.36. The van der Waals surface area contributed by atoms with Gasteiger partial charge < -0.3 is 15.2 Å². The van der Waals surface area contributed by atoms with Crippen LogP contribution in [0.1, 0.15) is 25.0 Å². The van der Waals surface area contributed by atoms with Crippen molar-refractivity contribution in [3.63, 3.8) is 0 Å². The number of amidine groups is 1. The van der Waals surface area contributed by atoms with Gasteiger partial charge in [0.15, 0.2) is 5.69 Å². The fraction of sp³-hybridized carbons (Fsp3) is 0.545. The second kappa shape index (κ2) is 5.58. The Labute approximate surface area is 99.7 Å². The van der Waals surface area contributed by atoms with Crippen LogP contribution >= 0.6 is 0 Å². The summed E-state index contributed by atoms with van der Waals surface area (Å²) in [6.07, 6.45) is 6.37. The average Bonchev–Trinajstić information content (AvgIpc) is 2.38. The molecule has 0 aromatic carbocycles. The van der Waals surface area contributed by atoms with Crippen molar-refractivity contribution in [3.8, 4) is 5.88 Å². The second-order valence-electron chi connectivity index (χ2n) is 3.92. The predicted molar refractivity (Wildman–Crippen MR) is 62.1 cm³/mol. The Morgan fingerprint density at radius 2 is 2.29 bits per heavy atom. The van der Waals surface area contributed by atoms with Gasteiger partial charge in [0.2, 0.25) is 5.88 Å². The number of hydrogen-bond acceptors (Lipinski definition) is 5. The molecule has 0 bridgehead atoms. The molecule has 0 saturated carbocycles. The van der Waals surface area contributed by atoms with Gasteiger partial charge in [-0.1, -0.05) is 0 Å². The Morgan fingerprint density at radius 1 is 1.47 bits per heavy atom. The van der Waals surface area contributed by atoms with Crippen LogP contribution in [-0.4, -0.2) is 35.1 Å². The molecule has 1 aliphatic heterocycles. The molecule has 17 heavy (non-hydrogen) atoms. The van der Waals surface area contributed by atoms with E-state index in [2.05, 4.69) is 9.97 Å². The maximum absolute atomic E-state index is 7.36. The van der Waals surface area contributed by atoms with E-state index in [9.17, 15) is 0 Å². The third-order valence-corrected chi connectivity index (χ3v) is 2.60. The number of nitrogen functional groups attached to an aromatic ring is 1. The number of nitrogens with zero attached hydrogens (tertiary/aromatic N) is 2. The van der Waals surface area contributed by atoms with E-state index >= 15 is 0 Å². The number of nitrogens with two attached hydrogens (primary N) is 1. The van der Waals surface area contributed by atoms with Crippen molar-refractivity contribution >= 4 is 5.84 Å². The minimum Gasteiger partial charge on any atom is -0.473 e. The summed E-state index contributed by atoms with van der Waals surface area (Å²) < 4.78 is 11.1. The minimum absolute atomic E-state index is 0.102. The fourth-order valence-electron chi connectivity index (χ4n) is 1.73. The highest BCUT2D eigenvalue weighted by Gasteiger charge is 2.16. The first-order valence-electron chi connectivity index (χ1n) is 5.67. The van der Waals surface area contributed by atoms with E-state index in [0.717, 1.165) is 25.9 Å². The summed E-state index contributed by atoms with van der Waals surface area (Å²) in [4.78, 5) is 7.99. The van der Waals surface area contributed by atoms with Crippen LogP contribution in [-0.2, 0) is 4.74 Å². The number of rotatable bonds is 4. The summed E-state index contributed by atoms with van der Waals surface area (Å²) in [7, 11) is 0. The van der Waals surface area contributed by atoms with E-state index in [0.29, 0.717) is 12.5 Å². The first kappa shape index (κ1) is 11.8. The number of ether oxygens (including phenoxy) is 2. The number of nitrogens with one attached hydrogen (secondary N) is 1. The molecule has 2 rings (SSSR count). The Morgan fingerprint density at radius 3 is 3.00 bits per heavy atom. The molecule has 1 saturated heterocycles. The van der Waals surface area contributed by atoms with Gasteiger partial charge in [0, 0.05) is 19.0 Å². The first-order chi connectivity index (χ1) is 8.27. The maximum atomic E-state index is 7.36. The summed E-state index contributed by atoms with van der Waals surface area (Å²) in [5.41, 5.74) is 5.67. The van der Waals surface area contributed by atoms with E-state index in [1.165, 1.54) is 12.4 Å². The summed E-state index contributed by atoms with van der Waals surface area (Å²) in [6.45, 7) is 1.22. The summed E-state index contributed by atoms with van der Waals surface area (Å²) in [5.74, 6) is 0.159. The second-order valence-corrected chi connectivity index (χ2v) is 3.92. The van der Waals surface area contributed by atoms with Gasteiger partial charge in [-0.15, -0.1) is 0 Å². The lowest BCUT2D eigenvalue weighted by molar-refractivity contribution is -0.0120. The molecule has 6 nitrogen and oxygen atoms in total. The summed E-state index contributed by atoms with van der Waals surface area (Å²) in [6, 6.07) is 0. The van der Waals surface area contributed by atoms with Crippen LogP contribution in [0.5, 0.6) is 5.88 Å². The van der Waals surface area contributed by atoms with E-state index in [4.69, 9.17) is 20.6 Å². The highest BCUT2D eigenvalue weighted by atomic mass is 16.5. The van der Waals surface area contributed by atoms with Gasteiger partial charge in [-0.2, -0.15) is 0 Å². The van der Waals surface area contributed by atoms with Crippen LogP contribution in [0.4, 0.5) is 0 Å². The molecule has 6 heteroatoms. The largest absolute Gasteiger partial charge is 0.473 e. The average molecular weight is 236 g/mol. The Balaban J connectivity index is 1.96. The van der Waals surface area contributed by atoms with Gasteiger partial charge in [0.1, 0.15) is 12.4 Å². The zero-order chi connectivity index (χ0) is 12.1. The van der Waals surface area contributed by atoms with E-state index in [-0.39, 0.29) is 17.6 Å². The van der Waals surface area contributed by atoms with Crippen LogP contribution in [0.3, 0.4) is 0 Å². The van der Waals surface area contributed by atoms with Gasteiger partial charge in [-0.25, -0.2) is 9.97 Å². The SMILES string of the molecule is N=C(N)c1nccnc1OCC1CCCCO1. The van der Waals surface area contributed by atoms with Gasteiger partial charge in [0.25, 0.3) is 0 Å².